The molecule has 0 N–H and O–H groups in total. The predicted molar refractivity (Wildman–Crippen MR) is 112 cm³/mol. The van der Waals surface area contributed by atoms with Crippen LogP contribution in [0.25, 0.3) is 0 Å². The molecule has 9 heteroatoms. The lowest BCUT2D eigenvalue weighted by molar-refractivity contribution is -0.125. The van der Waals surface area contributed by atoms with Gasteiger partial charge in [0, 0.05) is 44.7 Å². The van der Waals surface area contributed by atoms with E-state index in [2.05, 4.69) is 21.9 Å². The molecule has 1 aromatic rings. The van der Waals surface area contributed by atoms with Crippen molar-refractivity contribution in [3.63, 3.8) is 0 Å². The second-order valence-corrected chi connectivity index (χ2v) is 7.89. The van der Waals surface area contributed by atoms with Gasteiger partial charge < -0.3 is 19.3 Å². The zero-order valence-corrected chi connectivity index (χ0v) is 17.7. The normalized spacial score (nSPS) is 21.9. The number of methoxy groups -OCH3 is 1. The Hall–Kier alpha value is -2.65. The Labute approximate surface area is 176 Å². The number of carbonyl (C=O) groups excluding carboxylic acids is 2. The summed E-state index contributed by atoms with van der Waals surface area (Å²) in [5.41, 5.74) is 1.53. The van der Waals surface area contributed by atoms with Gasteiger partial charge in [-0.25, -0.2) is 9.80 Å². The molecule has 0 aliphatic carbocycles. The van der Waals surface area contributed by atoms with Crippen LogP contribution in [0, 0.1) is 0 Å². The van der Waals surface area contributed by atoms with Crippen molar-refractivity contribution in [3.8, 4) is 11.5 Å². The number of carbonyl (C=O) groups is 2. The van der Waals surface area contributed by atoms with E-state index in [1.54, 1.807) is 7.11 Å². The van der Waals surface area contributed by atoms with Gasteiger partial charge in [0.2, 0.25) is 0 Å². The molecule has 1 aromatic carbocycles. The maximum absolute atomic E-state index is 12.8. The Bertz CT molecular complexity index is 835. The summed E-state index contributed by atoms with van der Waals surface area (Å²) in [6.45, 7) is 5.97. The van der Waals surface area contributed by atoms with Gasteiger partial charge in [-0.05, 0) is 38.2 Å². The zero-order valence-electron chi connectivity index (χ0n) is 17.7. The smallest absolute Gasteiger partial charge is 0.347 e. The third-order valence-electron chi connectivity index (χ3n) is 5.83. The van der Waals surface area contributed by atoms with Crippen molar-refractivity contribution < 1.29 is 19.1 Å². The standard InChI is InChI=1S/C21H29N5O4/c1-23-9-11-24(12-10-23)7-3-8-25-20(27)15-26(21(25)28)22-18-6-13-30-19-5-4-16(29-2)14-17(18)19/h4-5,14H,3,6-13,15H2,1-2H3/b22-18+. The summed E-state index contributed by atoms with van der Waals surface area (Å²) < 4.78 is 11.0. The second-order valence-electron chi connectivity index (χ2n) is 7.89. The number of hydrogen-bond donors (Lipinski definition) is 0. The molecule has 0 saturated carbocycles. The molecule has 3 amide bonds. The molecule has 3 aliphatic rings. The molecule has 0 spiro atoms. The van der Waals surface area contributed by atoms with Crippen molar-refractivity contribution in [2.45, 2.75) is 12.8 Å². The third kappa shape index (κ3) is 4.41. The van der Waals surface area contributed by atoms with Gasteiger partial charge >= 0.3 is 6.03 Å². The summed E-state index contributed by atoms with van der Waals surface area (Å²) in [6.07, 6.45) is 1.35. The first-order chi connectivity index (χ1) is 14.5. The first kappa shape index (κ1) is 20.6. The molecule has 4 rings (SSSR count). The highest BCUT2D eigenvalue weighted by Crippen LogP contribution is 2.29. The Morgan fingerprint density at radius 2 is 1.93 bits per heavy atom. The van der Waals surface area contributed by atoms with Gasteiger partial charge in [-0.1, -0.05) is 0 Å². The third-order valence-corrected chi connectivity index (χ3v) is 5.83. The van der Waals surface area contributed by atoms with Crippen LogP contribution in [0.15, 0.2) is 23.3 Å². The zero-order chi connectivity index (χ0) is 21.1. The minimum absolute atomic E-state index is 0.0169. The van der Waals surface area contributed by atoms with E-state index in [0.717, 1.165) is 50.4 Å². The summed E-state index contributed by atoms with van der Waals surface area (Å²) >= 11 is 0. The largest absolute Gasteiger partial charge is 0.497 e. The Morgan fingerprint density at radius 1 is 1.13 bits per heavy atom. The summed E-state index contributed by atoms with van der Waals surface area (Å²) in [4.78, 5) is 31.3. The molecular formula is C21H29N5O4. The number of amides is 3. The van der Waals surface area contributed by atoms with Gasteiger partial charge in [0.05, 0.1) is 19.4 Å². The Kier molecular flexibility index (Phi) is 6.19. The summed E-state index contributed by atoms with van der Waals surface area (Å²) in [6, 6.07) is 5.17. The highest BCUT2D eigenvalue weighted by molar-refractivity contribution is 6.06. The van der Waals surface area contributed by atoms with Gasteiger partial charge in [-0.15, -0.1) is 0 Å². The number of hydrazone groups is 1. The number of nitrogens with zero attached hydrogens (tertiary/aromatic N) is 5. The van der Waals surface area contributed by atoms with Crippen LogP contribution in [-0.2, 0) is 4.79 Å². The lowest BCUT2D eigenvalue weighted by atomic mass is 10.0. The molecule has 162 valence electrons. The van der Waals surface area contributed by atoms with Crippen LogP contribution in [0.4, 0.5) is 4.79 Å². The average molecular weight is 415 g/mol. The van der Waals surface area contributed by atoms with Crippen molar-refractivity contribution in [1.29, 1.82) is 0 Å². The molecule has 30 heavy (non-hydrogen) atoms. The van der Waals surface area contributed by atoms with Gasteiger partial charge in [0.15, 0.2) is 0 Å². The van der Waals surface area contributed by atoms with E-state index in [1.165, 1.54) is 9.91 Å². The molecule has 0 bridgehead atoms. The van der Waals surface area contributed by atoms with E-state index >= 15 is 0 Å². The number of ether oxygens (including phenoxy) is 2. The number of imide groups is 1. The number of fused-ring (bicyclic) bond motifs is 1. The number of urea groups is 1. The molecule has 0 unspecified atom stereocenters. The Morgan fingerprint density at radius 3 is 2.70 bits per heavy atom. The van der Waals surface area contributed by atoms with Crippen molar-refractivity contribution >= 4 is 17.6 Å². The molecule has 0 aromatic heterocycles. The summed E-state index contributed by atoms with van der Waals surface area (Å²) in [5, 5.41) is 5.81. The van der Waals surface area contributed by atoms with Gasteiger partial charge in [-0.3, -0.25) is 9.69 Å². The fourth-order valence-corrected chi connectivity index (χ4v) is 3.98. The van der Waals surface area contributed by atoms with E-state index < -0.39 is 0 Å². The van der Waals surface area contributed by atoms with E-state index in [-0.39, 0.29) is 18.5 Å². The van der Waals surface area contributed by atoms with E-state index in [0.29, 0.717) is 31.1 Å². The maximum Gasteiger partial charge on any atom is 0.347 e. The van der Waals surface area contributed by atoms with Crippen LogP contribution in [0.3, 0.4) is 0 Å². The Balaban J connectivity index is 1.39. The van der Waals surface area contributed by atoms with Gasteiger partial charge in [-0.2, -0.15) is 5.10 Å². The number of piperazine rings is 1. The van der Waals surface area contributed by atoms with Crippen LogP contribution in [0.2, 0.25) is 0 Å². The van der Waals surface area contributed by atoms with Crippen LogP contribution >= 0.6 is 0 Å². The number of benzene rings is 1. The average Bonchev–Trinajstić information content (AvgIpc) is 3.02. The SMILES string of the molecule is COc1ccc2c(c1)/C(=N/N1CC(=O)N(CCCN3CCN(C)CC3)C1=O)CCO2. The van der Waals surface area contributed by atoms with E-state index in [4.69, 9.17) is 9.47 Å². The predicted octanol–water partition coefficient (Wildman–Crippen LogP) is 1.08. The lowest BCUT2D eigenvalue weighted by Crippen LogP contribution is -2.45. The highest BCUT2D eigenvalue weighted by Gasteiger charge is 2.36. The monoisotopic (exact) mass is 415 g/mol. The van der Waals surface area contributed by atoms with Crippen LogP contribution in [0.1, 0.15) is 18.4 Å². The molecular weight excluding hydrogens is 386 g/mol. The number of hydrogen-bond acceptors (Lipinski definition) is 7. The summed E-state index contributed by atoms with van der Waals surface area (Å²) in [7, 11) is 3.73. The first-order valence-electron chi connectivity index (χ1n) is 10.5. The molecule has 0 atom stereocenters. The van der Waals surface area contributed by atoms with Gasteiger partial charge in [0.1, 0.15) is 18.0 Å². The number of rotatable bonds is 6. The maximum atomic E-state index is 12.8. The van der Waals surface area contributed by atoms with E-state index in [9.17, 15) is 9.59 Å². The van der Waals surface area contributed by atoms with Crippen molar-refractivity contribution in [2.24, 2.45) is 5.10 Å². The molecule has 9 nitrogen and oxygen atoms in total. The molecule has 3 heterocycles. The van der Waals surface area contributed by atoms with Crippen LogP contribution in [-0.4, -0.2) is 104 Å². The fourth-order valence-electron chi connectivity index (χ4n) is 3.98. The second kappa shape index (κ2) is 9.01. The summed E-state index contributed by atoms with van der Waals surface area (Å²) in [5.74, 6) is 1.21. The fraction of sp³-hybridized carbons (Fsp3) is 0.571. The van der Waals surface area contributed by atoms with Crippen molar-refractivity contribution in [3.05, 3.63) is 23.8 Å². The first-order valence-corrected chi connectivity index (χ1v) is 10.5. The molecule has 2 saturated heterocycles. The van der Waals surface area contributed by atoms with Crippen molar-refractivity contribution in [1.82, 2.24) is 19.7 Å². The van der Waals surface area contributed by atoms with Crippen LogP contribution < -0.4 is 9.47 Å². The quantitative estimate of drug-likeness (QED) is 0.647. The van der Waals surface area contributed by atoms with E-state index in [1.807, 2.05) is 18.2 Å². The minimum Gasteiger partial charge on any atom is -0.497 e. The lowest BCUT2D eigenvalue weighted by Gasteiger charge is -2.32. The molecule has 2 fully saturated rings. The molecule has 3 aliphatic heterocycles. The van der Waals surface area contributed by atoms with Crippen molar-refractivity contribution in [2.75, 3.05) is 66.6 Å². The minimum atomic E-state index is -0.346. The van der Waals surface area contributed by atoms with Crippen LogP contribution in [0.5, 0.6) is 11.5 Å². The topological polar surface area (TPSA) is 77.9 Å². The highest BCUT2D eigenvalue weighted by atomic mass is 16.5. The van der Waals surface area contributed by atoms with Gasteiger partial charge in [0.25, 0.3) is 5.91 Å². The number of likely N-dealkylation sites (N-methyl/N-ethyl adjacent to an activating group) is 1. The molecule has 0 radical (unpaired) electrons.